The van der Waals surface area contributed by atoms with Gasteiger partial charge in [0.2, 0.25) is 0 Å². The number of aryl methyl sites for hydroxylation is 2. The average Bonchev–Trinajstić information content (AvgIpc) is 2.76. The molecule has 0 spiro atoms. The predicted octanol–water partition coefficient (Wildman–Crippen LogP) is 5.47. The van der Waals surface area contributed by atoms with Gasteiger partial charge in [-0.3, -0.25) is 9.59 Å². The summed E-state index contributed by atoms with van der Waals surface area (Å²) in [4.78, 5) is 25.3. The van der Waals surface area contributed by atoms with Crippen molar-refractivity contribution < 1.29 is 14.3 Å². The fraction of sp³-hybridized carbons (Fsp3) is 0.200. The van der Waals surface area contributed by atoms with Crippen LogP contribution in [0.25, 0.3) is 0 Å². The smallest absolute Gasteiger partial charge is 0.262 e. The quantitative estimate of drug-likeness (QED) is 0.516. The summed E-state index contributed by atoms with van der Waals surface area (Å²) in [7, 11) is 0. The molecule has 0 aromatic heterocycles. The Bertz CT molecular complexity index is 1060. The molecule has 0 fully saturated rings. The number of nitrogens with one attached hydrogen (secondary N) is 2. The first kappa shape index (κ1) is 22.4. The Balaban J connectivity index is 1.64. The molecule has 3 aromatic carbocycles. The van der Waals surface area contributed by atoms with Crippen molar-refractivity contribution in [3.8, 4) is 5.75 Å². The minimum Gasteiger partial charge on any atom is -0.484 e. The van der Waals surface area contributed by atoms with E-state index in [1.165, 1.54) is 0 Å². The van der Waals surface area contributed by atoms with Crippen LogP contribution < -0.4 is 15.4 Å². The molecule has 0 saturated heterocycles. The van der Waals surface area contributed by atoms with Gasteiger partial charge >= 0.3 is 0 Å². The first-order chi connectivity index (χ1) is 14.8. The monoisotopic (exact) mass is 436 g/mol. The molecule has 0 aliphatic heterocycles. The molecular weight excluding hydrogens is 412 g/mol. The van der Waals surface area contributed by atoms with Crippen LogP contribution in [0.15, 0.2) is 66.7 Å². The minimum absolute atomic E-state index is 0.169. The number of anilines is 1. The Morgan fingerprint density at radius 3 is 2.26 bits per heavy atom. The van der Waals surface area contributed by atoms with E-state index >= 15 is 0 Å². The molecule has 3 aromatic rings. The lowest BCUT2D eigenvalue weighted by Gasteiger charge is -2.16. The van der Waals surface area contributed by atoms with Crippen LogP contribution in [0.1, 0.15) is 40.0 Å². The number of carbonyl (C=O) groups is 2. The third kappa shape index (κ3) is 5.86. The SMILES string of the molecule is Cc1cc(OCC(=O)Nc2ccccc2C(=O)N[C@@H](C)c2ccccc2)cc(C)c1Cl. The lowest BCUT2D eigenvalue weighted by Crippen LogP contribution is -2.28. The van der Waals surface area contributed by atoms with Crippen LogP contribution in [0.4, 0.5) is 5.69 Å². The van der Waals surface area contributed by atoms with Gasteiger partial charge in [-0.25, -0.2) is 0 Å². The summed E-state index contributed by atoms with van der Waals surface area (Å²) in [6.45, 7) is 5.50. The molecule has 2 amide bonds. The fourth-order valence-corrected chi connectivity index (χ4v) is 3.32. The van der Waals surface area contributed by atoms with E-state index in [-0.39, 0.29) is 24.5 Å². The molecular formula is C25H25ClN2O3. The molecule has 0 aliphatic carbocycles. The first-order valence-corrected chi connectivity index (χ1v) is 10.4. The average molecular weight is 437 g/mol. The molecule has 0 aliphatic rings. The van der Waals surface area contributed by atoms with E-state index in [0.717, 1.165) is 16.7 Å². The Morgan fingerprint density at radius 1 is 0.968 bits per heavy atom. The number of amides is 2. The topological polar surface area (TPSA) is 67.4 Å². The van der Waals surface area contributed by atoms with Crippen LogP contribution in [0.3, 0.4) is 0 Å². The lowest BCUT2D eigenvalue weighted by molar-refractivity contribution is -0.118. The van der Waals surface area contributed by atoms with Crippen molar-refractivity contribution >= 4 is 29.1 Å². The van der Waals surface area contributed by atoms with Gasteiger partial charge in [-0.15, -0.1) is 0 Å². The fourth-order valence-electron chi connectivity index (χ4n) is 3.21. The van der Waals surface area contributed by atoms with Crippen molar-refractivity contribution in [1.29, 1.82) is 0 Å². The molecule has 0 heterocycles. The minimum atomic E-state index is -0.360. The number of ether oxygens (including phenoxy) is 1. The summed E-state index contributed by atoms with van der Waals surface area (Å²) < 4.78 is 5.61. The van der Waals surface area contributed by atoms with Crippen molar-refractivity contribution in [2.24, 2.45) is 0 Å². The van der Waals surface area contributed by atoms with Crippen LogP contribution in [0.5, 0.6) is 5.75 Å². The van der Waals surface area contributed by atoms with Crippen LogP contribution >= 0.6 is 11.6 Å². The third-order valence-corrected chi connectivity index (χ3v) is 5.47. The normalized spacial score (nSPS) is 11.5. The Morgan fingerprint density at radius 2 is 1.58 bits per heavy atom. The maximum absolute atomic E-state index is 12.8. The van der Waals surface area contributed by atoms with Crippen LogP contribution in [-0.4, -0.2) is 18.4 Å². The first-order valence-electron chi connectivity index (χ1n) is 9.99. The van der Waals surface area contributed by atoms with Gasteiger partial charge in [-0.05, 0) is 61.7 Å². The van der Waals surface area contributed by atoms with Gasteiger partial charge < -0.3 is 15.4 Å². The standard InChI is InChI=1S/C25H25ClN2O3/c1-16-13-20(14-17(2)24(16)26)31-15-23(29)28-22-12-8-7-11-21(22)25(30)27-18(3)19-9-5-4-6-10-19/h4-14,18H,15H2,1-3H3,(H,27,30)(H,28,29)/t18-/m0/s1. The van der Waals surface area contributed by atoms with Crippen LogP contribution in [-0.2, 0) is 4.79 Å². The van der Waals surface area contributed by atoms with Crippen molar-refractivity contribution in [3.63, 3.8) is 0 Å². The number of hydrogen-bond donors (Lipinski definition) is 2. The summed E-state index contributed by atoms with van der Waals surface area (Å²) in [5.74, 6) is -0.0593. The van der Waals surface area contributed by atoms with E-state index in [9.17, 15) is 9.59 Å². The van der Waals surface area contributed by atoms with Crippen molar-refractivity contribution in [1.82, 2.24) is 5.32 Å². The number of hydrogen-bond acceptors (Lipinski definition) is 3. The van der Waals surface area contributed by atoms with E-state index < -0.39 is 0 Å². The van der Waals surface area contributed by atoms with E-state index in [2.05, 4.69) is 10.6 Å². The molecule has 3 rings (SSSR count). The highest BCUT2D eigenvalue weighted by Gasteiger charge is 2.16. The molecule has 1 atom stereocenters. The van der Waals surface area contributed by atoms with E-state index in [1.807, 2.05) is 51.1 Å². The van der Waals surface area contributed by atoms with E-state index in [4.69, 9.17) is 16.3 Å². The predicted molar refractivity (Wildman–Crippen MR) is 124 cm³/mol. The van der Waals surface area contributed by atoms with E-state index in [0.29, 0.717) is 22.0 Å². The highest BCUT2D eigenvalue weighted by molar-refractivity contribution is 6.32. The number of rotatable bonds is 7. The van der Waals surface area contributed by atoms with Crippen LogP contribution in [0, 0.1) is 13.8 Å². The summed E-state index contributed by atoms with van der Waals surface area (Å²) in [6.07, 6.45) is 0. The molecule has 160 valence electrons. The number of carbonyl (C=O) groups excluding carboxylic acids is 2. The van der Waals surface area contributed by atoms with Gasteiger partial charge in [0, 0.05) is 5.02 Å². The zero-order valence-electron chi connectivity index (χ0n) is 17.7. The third-order valence-electron chi connectivity index (χ3n) is 4.87. The van der Waals surface area contributed by atoms with Gasteiger partial charge in [0.25, 0.3) is 11.8 Å². The highest BCUT2D eigenvalue weighted by atomic mass is 35.5. The summed E-state index contributed by atoms with van der Waals surface area (Å²) in [5.41, 5.74) is 3.58. The molecule has 0 radical (unpaired) electrons. The second-order valence-electron chi connectivity index (χ2n) is 7.36. The second-order valence-corrected chi connectivity index (χ2v) is 7.74. The van der Waals surface area contributed by atoms with Gasteiger partial charge in [0.05, 0.1) is 17.3 Å². The summed E-state index contributed by atoms with van der Waals surface area (Å²) in [6, 6.07) is 20.0. The second kappa shape index (κ2) is 10.1. The van der Waals surface area contributed by atoms with E-state index in [1.54, 1.807) is 36.4 Å². The van der Waals surface area contributed by atoms with Gasteiger partial charge in [-0.2, -0.15) is 0 Å². The Kier molecular flexibility index (Phi) is 7.32. The lowest BCUT2D eigenvalue weighted by atomic mass is 10.1. The molecule has 5 nitrogen and oxygen atoms in total. The molecule has 2 N–H and O–H groups in total. The maximum atomic E-state index is 12.8. The van der Waals surface area contributed by atoms with Crippen molar-refractivity contribution in [2.45, 2.75) is 26.8 Å². The number of halogens is 1. The van der Waals surface area contributed by atoms with Gasteiger partial charge in [-0.1, -0.05) is 54.1 Å². The Hall–Kier alpha value is -3.31. The number of benzene rings is 3. The molecule has 31 heavy (non-hydrogen) atoms. The largest absolute Gasteiger partial charge is 0.484 e. The Labute approximate surface area is 187 Å². The summed E-state index contributed by atoms with van der Waals surface area (Å²) >= 11 is 6.17. The zero-order chi connectivity index (χ0) is 22.4. The molecule has 0 bridgehead atoms. The maximum Gasteiger partial charge on any atom is 0.262 e. The highest BCUT2D eigenvalue weighted by Crippen LogP contribution is 2.26. The number of para-hydroxylation sites is 1. The molecule has 6 heteroatoms. The van der Waals surface area contributed by atoms with Gasteiger partial charge in [0.15, 0.2) is 6.61 Å². The molecule has 0 saturated carbocycles. The zero-order valence-corrected chi connectivity index (χ0v) is 18.5. The van der Waals surface area contributed by atoms with Crippen LogP contribution in [0.2, 0.25) is 5.02 Å². The van der Waals surface area contributed by atoms with Gasteiger partial charge in [0.1, 0.15) is 5.75 Å². The summed E-state index contributed by atoms with van der Waals surface area (Å²) in [5, 5.41) is 6.41. The van der Waals surface area contributed by atoms with Crippen molar-refractivity contribution in [2.75, 3.05) is 11.9 Å². The van der Waals surface area contributed by atoms with Crippen molar-refractivity contribution in [3.05, 3.63) is 94.0 Å². The molecule has 0 unspecified atom stereocenters.